The predicted octanol–water partition coefficient (Wildman–Crippen LogP) is -13.2. The van der Waals surface area contributed by atoms with E-state index in [4.69, 9.17) is 0 Å². The molecule has 1 aromatic heterocycles. The molecule has 0 spiro atoms. The van der Waals surface area contributed by atoms with Gasteiger partial charge in [0.05, 0.1) is 36.3 Å². The van der Waals surface area contributed by atoms with Crippen LogP contribution in [0, 0.1) is 0 Å². The average molecular weight is 670 g/mol. The van der Waals surface area contributed by atoms with Crippen molar-refractivity contribution in [3.05, 3.63) is 35.5 Å². The fraction of sp³-hybridized carbons (Fsp3) is 0. The van der Waals surface area contributed by atoms with Crippen molar-refractivity contribution in [2.75, 3.05) is 0 Å². The maximum Gasteiger partial charge on any atom is 1.00 e. The fourth-order valence-corrected chi connectivity index (χ4v) is 5.95. The summed E-state index contributed by atoms with van der Waals surface area (Å²) in [6.45, 7) is 0. The van der Waals surface area contributed by atoms with E-state index >= 15 is 0 Å². The second-order valence-electron chi connectivity index (χ2n) is 7.12. The third-order valence-corrected chi connectivity index (χ3v) is 8.24. The molecule has 0 atom stereocenters. The summed E-state index contributed by atoms with van der Waals surface area (Å²) in [4.78, 5) is 13.5. The molecule has 2 N–H and O–H groups in total. The van der Waals surface area contributed by atoms with Gasteiger partial charge in [-0.1, -0.05) is 0 Å². The van der Waals surface area contributed by atoms with Crippen molar-refractivity contribution in [3.8, 4) is 5.75 Å². The van der Waals surface area contributed by atoms with Crippen molar-refractivity contribution in [1.82, 2.24) is 4.98 Å². The third kappa shape index (κ3) is 7.69. The first-order valence-electron chi connectivity index (χ1n) is 8.75. The van der Waals surface area contributed by atoms with Crippen LogP contribution in [0.15, 0.2) is 48.8 Å². The first-order chi connectivity index (χ1) is 16.2. The van der Waals surface area contributed by atoms with Crippen molar-refractivity contribution < 1.29 is 180 Å². The minimum absolute atomic E-state index is 0. The maximum atomic E-state index is 12.9. The normalized spacial score (nSPS) is 13.3. The molecule has 2 heterocycles. The fourth-order valence-electron chi connectivity index (χ4n) is 3.40. The molecule has 0 saturated carbocycles. The van der Waals surface area contributed by atoms with E-state index in [1.165, 1.54) is 0 Å². The van der Waals surface area contributed by atoms with Crippen LogP contribution in [0.5, 0.6) is 5.75 Å². The molecule has 3 aromatic rings. The second-order valence-corrected chi connectivity index (χ2v) is 12.6. The zero-order chi connectivity index (χ0) is 27.2. The minimum Gasteiger partial charge on any atom is -0.744 e. The summed E-state index contributed by atoms with van der Waals surface area (Å²) in [7, 11) is -21.8. The molecule has 4 rings (SSSR count). The molecule has 192 valence electrons. The molecule has 1 aliphatic rings. The van der Waals surface area contributed by atoms with Gasteiger partial charge < -0.3 is 28.3 Å². The number of hydrogen-bond donors (Lipinski definition) is 2. The number of benzene rings is 2. The molecule has 0 aliphatic carbocycles. The standard InChI is InChI=1S/C16H10N2O14S4.4Na/c19-15-7-1-5(33(21,22)23)3-9(35(27,28)29)11(7)17-13(15)14-16(20)8-2-6(34(24,25)26)4-10(12(8)18-14)36(30,31)32;;;;/h1-4,17,19H,(H,21,22,23)(H,24,25,26)(H,27,28,29)(H,30,31,32);;;;/q;4*+1/p-4. The van der Waals surface area contributed by atoms with E-state index in [1.807, 2.05) is 0 Å². The summed E-state index contributed by atoms with van der Waals surface area (Å²) in [5.74, 6) is -2.48. The van der Waals surface area contributed by atoms with E-state index in [9.17, 15) is 61.8 Å². The smallest absolute Gasteiger partial charge is 0.744 e. The number of hydrogen-bond acceptors (Lipinski definition) is 15. The van der Waals surface area contributed by atoms with E-state index in [2.05, 4.69) is 9.98 Å². The van der Waals surface area contributed by atoms with E-state index in [-0.39, 0.29) is 130 Å². The third-order valence-electron chi connectivity index (χ3n) is 4.90. The number of carbonyl (C=O) groups excluding carboxylic acids is 1. The molecule has 0 saturated heterocycles. The molecule has 2 aromatic carbocycles. The van der Waals surface area contributed by atoms with Gasteiger partial charge in [-0.05, 0) is 24.3 Å². The molecule has 16 nitrogen and oxygen atoms in total. The summed E-state index contributed by atoms with van der Waals surface area (Å²) < 4.78 is 138. The molecule has 0 amide bonds. The van der Waals surface area contributed by atoms with Crippen LogP contribution < -0.4 is 118 Å². The van der Waals surface area contributed by atoms with Gasteiger partial charge in [-0.25, -0.2) is 38.7 Å². The Morgan fingerprint density at radius 2 is 1.12 bits per heavy atom. The van der Waals surface area contributed by atoms with Crippen molar-refractivity contribution in [2.45, 2.75) is 19.6 Å². The van der Waals surface area contributed by atoms with Crippen LogP contribution in [0.1, 0.15) is 16.1 Å². The number of nitrogens with one attached hydrogen (secondary N) is 1. The SMILES string of the molecule is O=C1C(c2[nH]c3c(S(=O)(=O)[O-])cc(S(=O)(=O)[O-])cc3c2O)=Nc2c1cc(S(=O)(=O)[O-])cc2S(=O)(=O)[O-].[Na+].[Na+].[Na+].[Na+]. The van der Waals surface area contributed by atoms with E-state index in [0.717, 1.165) is 0 Å². The van der Waals surface area contributed by atoms with Crippen molar-refractivity contribution in [3.63, 3.8) is 0 Å². The first-order valence-corrected chi connectivity index (χ1v) is 14.4. The Morgan fingerprint density at radius 1 is 0.675 bits per heavy atom. The van der Waals surface area contributed by atoms with Gasteiger partial charge in [-0.3, -0.25) is 4.79 Å². The van der Waals surface area contributed by atoms with Gasteiger partial charge in [-0.15, -0.1) is 0 Å². The van der Waals surface area contributed by atoms with Crippen molar-refractivity contribution in [1.29, 1.82) is 0 Å². The topological polar surface area (TPSA) is 294 Å². The number of aromatic nitrogens is 1. The Morgan fingerprint density at radius 3 is 1.57 bits per heavy atom. The van der Waals surface area contributed by atoms with Crippen LogP contribution in [0.25, 0.3) is 10.9 Å². The zero-order valence-electron chi connectivity index (χ0n) is 20.6. The molecular weight excluding hydrogens is 664 g/mol. The summed E-state index contributed by atoms with van der Waals surface area (Å²) >= 11 is 0. The Bertz CT molecular complexity index is 2020. The number of fused-ring (bicyclic) bond motifs is 2. The molecule has 40 heavy (non-hydrogen) atoms. The molecular formula is C16H6N2Na4O14S4. The average Bonchev–Trinajstić information content (AvgIpc) is 3.21. The number of aromatic hydroxyl groups is 1. The molecule has 0 fully saturated rings. The number of H-pyrrole nitrogens is 1. The number of Topliss-reactive ketones (excluding diaryl/α,β-unsaturated/α-hetero) is 1. The van der Waals surface area contributed by atoms with Crippen LogP contribution in [-0.4, -0.2) is 73.5 Å². The largest absolute Gasteiger partial charge is 1.00 e. The molecule has 0 radical (unpaired) electrons. The number of rotatable bonds is 5. The van der Waals surface area contributed by atoms with E-state index in [1.54, 1.807) is 0 Å². The quantitative estimate of drug-likeness (QED) is 0.188. The summed E-state index contributed by atoms with van der Waals surface area (Å²) in [5.41, 5.74) is -4.30. The van der Waals surface area contributed by atoms with E-state index in [0.29, 0.717) is 12.1 Å². The Labute approximate surface area is 314 Å². The monoisotopic (exact) mass is 670 g/mol. The van der Waals surface area contributed by atoms with Gasteiger partial charge in [0.1, 0.15) is 51.9 Å². The molecule has 1 aliphatic heterocycles. The molecule has 24 heteroatoms. The van der Waals surface area contributed by atoms with Gasteiger partial charge in [0.15, 0.2) is 5.75 Å². The van der Waals surface area contributed by atoms with Crippen LogP contribution in [0.2, 0.25) is 0 Å². The van der Waals surface area contributed by atoms with Crippen LogP contribution >= 0.6 is 0 Å². The van der Waals surface area contributed by atoms with Gasteiger partial charge >= 0.3 is 118 Å². The first kappa shape index (κ1) is 40.8. The van der Waals surface area contributed by atoms with Crippen LogP contribution in [0.4, 0.5) is 5.69 Å². The number of ketones is 1. The van der Waals surface area contributed by atoms with E-state index < -0.39 is 105 Å². The molecule has 0 bridgehead atoms. The van der Waals surface area contributed by atoms with Crippen molar-refractivity contribution in [2.24, 2.45) is 4.99 Å². The van der Waals surface area contributed by atoms with Gasteiger partial charge in [0.2, 0.25) is 5.78 Å². The molecule has 0 unspecified atom stereocenters. The maximum absolute atomic E-state index is 12.9. The van der Waals surface area contributed by atoms with Gasteiger partial charge in [0, 0.05) is 5.39 Å². The number of aliphatic imine (C=N–C) groups is 1. The van der Waals surface area contributed by atoms with Gasteiger partial charge in [0.25, 0.3) is 0 Å². The van der Waals surface area contributed by atoms with Gasteiger partial charge in [-0.2, -0.15) is 0 Å². The summed E-state index contributed by atoms with van der Waals surface area (Å²) in [6, 6.07) is 1.26. The van der Waals surface area contributed by atoms with Crippen LogP contribution in [0.3, 0.4) is 0 Å². The zero-order valence-corrected chi connectivity index (χ0v) is 31.9. The number of carbonyl (C=O) groups is 1. The Kier molecular flexibility index (Phi) is 13.7. The van der Waals surface area contributed by atoms with Crippen molar-refractivity contribution >= 4 is 68.6 Å². The summed E-state index contributed by atoms with van der Waals surface area (Å²) in [5, 5.41) is 9.81. The second kappa shape index (κ2) is 13.4. The Hall–Kier alpha value is 0.760. The number of aromatic amines is 1. The summed E-state index contributed by atoms with van der Waals surface area (Å²) in [6.07, 6.45) is 0. The minimum atomic E-state index is -5.53. The number of nitrogens with zero attached hydrogens (tertiary/aromatic N) is 1. The predicted molar refractivity (Wildman–Crippen MR) is 109 cm³/mol. The Balaban J connectivity index is 0.00000380. The van der Waals surface area contributed by atoms with Crippen LogP contribution in [-0.2, 0) is 40.5 Å².